The summed E-state index contributed by atoms with van der Waals surface area (Å²) in [7, 11) is -3.12. The van der Waals surface area contributed by atoms with Crippen LogP contribution in [0.15, 0.2) is 22.6 Å². The smallest absolute Gasteiger partial charge is 0.288 e. The zero-order valence-electron chi connectivity index (χ0n) is 14.6. The summed E-state index contributed by atoms with van der Waals surface area (Å²) >= 11 is 5.28. The Kier molecular flexibility index (Phi) is 5.10. The van der Waals surface area contributed by atoms with E-state index in [1.54, 1.807) is 4.68 Å². The monoisotopic (exact) mass is 382 g/mol. The molecule has 1 fully saturated rings. The van der Waals surface area contributed by atoms with Gasteiger partial charge in [-0.25, -0.2) is 13.1 Å². The molecule has 0 aliphatic carbocycles. The van der Waals surface area contributed by atoms with Crippen LogP contribution in [-0.2, 0) is 16.7 Å². The van der Waals surface area contributed by atoms with Crippen molar-refractivity contribution in [3.8, 4) is 11.5 Å². The van der Waals surface area contributed by atoms with Crippen molar-refractivity contribution >= 4 is 22.2 Å². The molecule has 1 aromatic carbocycles. The fraction of sp³-hybridized carbons (Fsp3) is 0.500. The first-order valence-corrected chi connectivity index (χ1v) is 10.3. The van der Waals surface area contributed by atoms with Gasteiger partial charge in [0.15, 0.2) is 0 Å². The maximum Gasteiger partial charge on any atom is 0.288 e. The molecule has 25 heavy (non-hydrogen) atoms. The van der Waals surface area contributed by atoms with Gasteiger partial charge in [0.1, 0.15) is 0 Å². The number of piperazine rings is 1. The zero-order valence-corrected chi connectivity index (χ0v) is 16.2. The third-order valence-corrected chi connectivity index (χ3v) is 6.09. The number of aromatic nitrogens is 2. The molecule has 0 radical (unpaired) electrons. The number of sulfonamides is 1. The number of benzene rings is 1. The molecule has 2 heterocycles. The summed E-state index contributed by atoms with van der Waals surface area (Å²) in [4.78, 5) is 2.43. The Morgan fingerprint density at radius 1 is 1.16 bits per heavy atom. The molecule has 1 saturated heterocycles. The summed E-state index contributed by atoms with van der Waals surface area (Å²) in [6, 6.07) is 6.04. The van der Waals surface area contributed by atoms with E-state index >= 15 is 0 Å². The molecule has 1 aliphatic rings. The molecule has 0 bridgehead atoms. The van der Waals surface area contributed by atoms with Crippen molar-refractivity contribution in [1.29, 1.82) is 0 Å². The number of nitrogens with zero attached hydrogens (tertiary/aromatic N) is 4. The average Bonchev–Trinajstić information content (AvgIpc) is 2.91. The lowest BCUT2D eigenvalue weighted by atomic mass is 10.1. The number of hydrogen-bond donors (Lipinski definition) is 0. The Bertz CT molecular complexity index is 925. The van der Waals surface area contributed by atoms with Crippen LogP contribution in [0.5, 0.6) is 0 Å². The number of rotatable bonds is 4. The van der Waals surface area contributed by atoms with Crippen LogP contribution in [0.3, 0.4) is 0 Å². The van der Waals surface area contributed by atoms with Crippen molar-refractivity contribution in [3.05, 3.63) is 34.2 Å². The Labute approximate surface area is 152 Å². The lowest BCUT2D eigenvalue weighted by Crippen LogP contribution is -2.48. The van der Waals surface area contributed by atoms with E-state index in [0.29, 0.717) is 43.6 Å². The van der Waals surface area contributed by atoms with Crippen molar-refractivity contribution < 1.29 is 12.8 Å². The van der Waals surface area contributed by atoms with E-state index in [4.69, 9.17) is 16.6 Å². The van der Waals surface area contributed by atoms with Gasteiger partial charge >= 0.3 is 0 Å². The molecule has 136 valence electrons. The van der Waals surface area contributed by atoms with E-state index in [1.165, 1.54) is 21.7 Å². The predicted molar refractivity (Wildman–Crippen MR) is 98.2 cm³/mol. The third-order valence-electron chi connectivity index (χ3n) is 4.49. The summed E-state index contributed by atoms with van der Waals surface area (Å²) in [5, 5.41) is 4.49. The second-order valence-corrected chi connectivity index (χ2v) is 8.72. The van der Waals surface area contributed by atoms with E-state index in [9.17, 15) is 8.42 Å². The van der Waals surface area contributed by atoms with Crippen LogP contribution in [0, 0.1) is 18.7 Å². The van der Waals surface area contributed by atoms with Gasteiger partial charge in [-0.2, -0.15) is 4.31 Å². The number of aryl methyl sites for hydroxylation is 2. The maximum atomic E-state index is 11.6. The standard InChI is InChI=1S/C16H22N4O3S2/c1-12-4-5-14(10-13(12)2)15-17-20(16(24)23-15)11-18-6-8-19(9-7-18)25(3,21)22/h4-5,10H,6-9,11H2,1-3H3. The van der Waals surface area contributed by atoms with Gasteiger partial charge in [-0.15, -0.1) is 5.10 Å². The molecule has 0 N–H and O–H groups in total. The first kappa shape index (κ1) is 18.2. The van der Waals surface area contributed by atoms with Gasteiger partial charge in [-0.3, -0.25) is 4.90 Å². The summed E-state index contributed by atoms with van der Waals surface area (Å²) < 4.78 is 31.9. The summed E-state index contributed by atoms with van der Waals surface area (Å²) in [5.41, 5.74) is 3.28. The van der Waals surface area contributed by atoms with Gasteiger partial charge < -0.3 is 4.42 Å². The van der Waals surface area contributed by atoms with Crippen molar-refractivity contribution in [3.63, 3.8) is 0 Å². The highest BCUT2D eigenvalue weighted by Crippen LogP contribution is 2.21. The van der Waals surface area contributed by atoms with Crippen LogP contribution >= 0.6 is 12.2 Å². The summed E-state index contributed by atoms with van der Waals surface area (Å²) in [5.74, 6) is 0.503. The van der Waals surface area contributed by atoms with Gasteiger partial charge in [-0.05, 0) is 49.3 Å². The van der Waals surface area contributed by atoms with Crippen LogP contribution in [0.1, 0.15) is 11.1 Å². The van der Waals surface area contributed by atoms with Crippen molar-refractivity contribution in [2.45, 2.75) is 20.5 Å². The van der Waals surface area contributed by atoms with E-state index in [-0.39, 0.29) is 0 Å². The number of hydrogen-bond acceptors (Lipinski definition) is 6. The molecule has 2 aromatic rings. The Morgan fingerprint density at radius 3 is 2.44 bits per heavy atom. The Hall–Kier alpha value is -1.55. The molecule has 0 spiro atoms. The first-order valence-electron chi connectivity index (χ1n) is 8.07. The average molecular weight is 383 g/mol. The fourth-order valence-corrected chi connectivity index (χ4v) is 3.78. The van der Waals surface area contributed by atoms with Gasteiger partial charge in [0.05, 0.1) is 12.9 Å². The van der Waals surface area contributed by atoms with Crippen molar-refractivity contribution in [1.82, 2.24) is 19.0 Å². The molecule has 7 nitrogen and oxygen atoms in total. The Morgan fingerprint density at radius 2 is 1.84 bits per heavy atom. The lowest BCUT2D eigenvalue weighted by molar-refractivity contribution is 0.144. The lowest BCUT2D eigenvalue weighted by Gasteiger charge is -2.32. The maximum absolute atomic E-state index is 11.6. The molecule has 1 aliphatic heterocycles. The quantitative estimate of drug-likeness (QED) is 0.754. The van der Waals surface area contributed by atoms with Gasteiger partial charge in [-0.1, -0.05) is 6.07 Å². The van der Waals surface area contributed by atoms with Crippen LogP contribution in [0.25, 0.3) is 11.5 Å². The molecule has 0 unspecified atom stereocenters. The predicted octanol–water partition coefficient (Wildman–Crippen LogP) is 2.02. The highest BCUT2D eigenvalue weighted by atomic mass is 32.2. The first-order chi connectivity index (χ1) is 11.7. The molecule has 0 saturated carbocycles. The minimum absolute atomic E-state index is 0.318. The Balaban J connectivity index is 1.71. The van der Waals surface area contributed by atoms with Gasteiger partial charge in [0.2, 0.25) is 15.9 Å². The van der Waals surface area contributed by atoms with Crippen LogP contribution < -0.4 is 0 Å². The second kappa shape index (κ2) is 6.99. The molecule has 1 aromatic heterocycles. The van der Waals surface area contributed by atoms with E-state index in [1.807, 2.05) is 25.1 Å². The van der Waals surface area contributed by atoms with Crippen molar-refractivity contribution in [2.24, 2.45) is 0 Å². The summed E-state index contributed by atoms with van der Waals surface area (Å²) in [6.07, 6.45) is 1.24. The molecule has 3 rings (SSSR count). The molecular formula is C16H22N4O3S2. The minimum atomic E-state index is -3.12. The minimum Gasteiger partial charge on any atom is -0.409 e. The summed E-state index contributed by atoms with van der Waals surface area (Å²) in [6.45, 7) is 6.84. The van der Waals surface area contributed by atoms with Crippen molar-refractivity contribution in [2.75, 3.05) is 32.4 Å². The molecule has 0 amide bonds. The molecule has 9 heteroatoms. The highest BCUT2D eigenvalue weighted by molar-refractivity contribution is 7.88. The fourth-order valence-electron chi connectivity index (χ4n) is 2.78. The molecular weight excluding hydrogens is 360 g/mol. The van der Waals surface area contributed by atoms with Gasteiger partial charge in [0, 0.05) is 31.7 Å². The highest BCUT2D eigenvalue weighted by Gasteiger charge is 2.24. The SMILES string of the molecule is Cc1ccc(-c2nn(CN3CCN(S(C)(=O)=O)CC3)c(=S)o2)cc1C. The largest absolute Gasteiger partial charge is 0.409 e. The topological polar surface area (TPSA) is 71.6 Å². The van der Waals surface area contributed by atoms with E-state index in [2.05, 4.69) is 16.9 Å². The van der Waals surface area contributed by atoms with E-state index in [0.717, 1.165) is 5.56 Å². The normalized spacial score (nSPS) is 17.1. The van der Waals surface area contributed by atoms with Crippen LogP contribution in [0.2, 0.25) is 0 Å². The zero-order chi connectivity index (χ0) is 18.2. The van der Waals surface area contributed by atoms with Crippen LogP contribution in [0.4, 0.5) is 0 Å². The second-order valence-electron chi connectivity index (χ2n) is 6.39. The van der Waals surface area contributed by atoms with Crippen LogP contribution in [-0.4, -0.2) is 59.8 Å². The molecule has 0 atom stereocenters. The third kappa shape index (κ3) is 4.17. The van der Waals surface area contributed by atoms with Gasteiger partial charge in [0.25, 0.3) is 4.84 Å². The van der Waals surface area contributed by atoms with E-state index < -0.39 is 10.0 Å².